The molecule has 0 heterocycles. The maximum Gasteiger partial charge on any atom is 0.124 e. The quantitative estimate of drug-likeness (QED) is 0.569. The molecule has 2 nitrogen and oxygen atoms in total. The highest BCUT2D eigenvalue weighted by molar-refractivity contribution is 14.1. The topological polar surface area (TPSA) is 35.2 Å². The third-order valence-electron chi connectivity index (χ3n) is 2.90. The van der Waals surface area contributed by atoms with E-state index < -0.39 is 0 Å². The van der Waals surface area contributed by atoms with E-state index in [0.717, 1.165) is 29.4 Å². The van der Waals surface area contributed by atoms with Crippen molar-refractivity contribution >= 4 is 54.5 Å². The van der Waals surface area contributed by atoms with Crippen LogP contribution in [0, 0.1) is 3.57 Å². The van der Waals surface area contributed by atoms with E-state index in [1.807, 2.05) is 37.3 Å². The van der Waals surface area contributed by atoms with Gasteiger partial charge in [0.05, 0.1) is 12.6 Å². The van der Waals surface area contributed by atoms with Crippen molar-refractivity contribution in [3.05, 3.63) is 60.0 Å². The van der Waals surface area contributed by atoms with Gasteiger partial charge in [-0.1, -0.05) is 31.9 Å². The van der Waals surface area contributed by atoms with E-state index in [4.69, 9.17) is 10.5 Å². The molecule has 1 unspecified atom stereocenters. The van der Waals surface area contributed by atoms with Crippen molar-refractivity contribution in [2.45, 2.75) is 13.0 Å². The molecule has 0 radical (unpaired) electrons. The Morgan fingerprint density at radius 1 is 1.15 bits per heavy atom. The standard InChI is InChI=1S/C15H14Br2INO/c1-2-20-14-6-3-9(16)7-12(14)15(19)11-8-10(18)4-5-13(11)17/h3-8,15H,2,19H2,1H3. The van der Waals surface area contributed by atoms with Crippen LogP contribution in [0.2, 0.25) is 0 Å². The van der Waals surface area contributed by atoms with Crippen molar-refractivity contribution < 1.29 is 4.74 Å². The number of ether oxygens (including phenoxy) is 1. The number of benzene rings is 2. The summed E-state index contributed by atoms with van der Waals surface area (Å²) in [5.74, 6) is 0.828. The Labute approximate surface area is 149 Å². The van der Waals surface area contributed by atoms with Gasteiger partial charge in [0.15, 0.2) is 0 Å². The van der Waals surface area contributed by atoms with Gasteiger partial charge in [-0.25, -0.2) is 0 Å². The zero-order valence-electron chi connectivity index (χ0n) is 10.9. The van der Waals surface area contributed by atoms with E-state index in [2.05, 4.69) is 60.5 Å². The summed E-state index contributed by atoms with van der Waals surface area (Å²) in [4.78, 5) is 0. The summed E-state index contributed by atoms with van der Waals surface area (Å²) in [5.41, 5.74) is 8.48. The number of rotatable bonds is 4. The minimum absolute atomic E-state index is 0.238. The van der Waals surface area contributed by atoms with Crippen LogP contribution >= 0.6 is 54.5 Å². The molecule has 2 aromatic rings. The van der Waals surface area contributed by atoms with Gasteiger partial charge in [0.2, 0.25) is 0 Å². The summed E-state index contributed by atoms with van der Waals surface area (Å²) < 4.78 is 8.84. The van der Waals surface area contributed by atoms with Gasteiger partial charge in [0.25, 0.3) is 0 Å². The van der Waals surface area contributed by atoms with Crippen molar-refractivity contribution in [1.29, 1.82) is 0 Å². The predicted molar refractivity (Wildman–Crippen MR) is 98.2 cm³/mol. The largest absolute Gasteiger partial charge is 0.494 e. The van der Waals surface area contributed by atoms with Gasteiger partial charge in [-0.05, 0) is 71.5 Å². The van der Waals surface area contributed by atoms with E-state index in [0.29, 0.717) is 6.61 Å². The lowest BCUT2D eigenvalue weighted by Gasteiger charge is -2.19. The fraction of sp³-hybridized carbons (Fsp3) is 0.200. The number of nitrogens with two attached hydrogens (primary N) is 1. The number of hydrogen-bond donors (Lipinski definition) is 1. The minimum atomic E-state index is -0.238. The van der Waals surface area contributed by atoms with Crippen molar-refractivity contribution in [3.63, 3.8) is 0 Å². The van der Waals surface area contributed by atoms with Gasteiger partial charge >= 0.3 is 0 Å². The highest BCUT2D eigenvalue weighted by Crippen LogP contribution is 2.34. The molecule has 2 N–H and O–H groups in total. The fourth-order valence-electron chi connectivity index (χ4n) is 1.97. The molecule has 2 aromatic carbocycles. The third kappa shape index (κ3) is 3.75. The molecule has 1 atom stereocenters. The maximum atomic E-state index is 6.45. The molecule has 0 aliphatic rings. The van der Waals surface area contributed by atoms with Crippen molar-refractivity contribution in [1.82, 2.24) is 0 Å². The van der Waals surface area contributed by atoms with Crippen LogP contribution < -0.4 is 10.5 Å². The van der Waals surface area contributed by atoms with Crippen LogP contribution in [0.3, 0.4) is 0 Å². The Bertz CT molecular complexity index is 619. The molecule has 0 aromatic heterocycles. The third-order valence-corrected chi connectivity index (χ3v) is 4.79. The Hall–Kier alpha value is -0.110. The van der Waals surface area contributed by atoms with Crippen LogP contribution in [0.5, 0.6) is 5.75 Å². The smallest absolute Gasteiger partial charge is 0.124 e. The van der Waals surface area contributed by atoms with Gasteiger partial charge in [0.1, 0.15) is 5.75 Å². The minimum Gasteiger partial charge on any atom is -0.494 e. The molecule has 0 aliphatic heterocycles. The van der Waals surface area contributed by atoms with Gasteiger partial charge in [-0.3, -0.25) is 0 Å². The van der Waals surface area contributed by atoms with E-state index >= 15 is 0 Å². The summed E-state index contributed by atoms with van der Waals surface area (Å²) in [5, 5.41) is 0. The van der Waals surface area contributed by atoms with Crippen LogP contribution in [0.15, 0.2) is 45.3 Å². The molecule has 0 spiro atoms. The van der Waals surface area contributed by atoms with Gasteiger partial charge in [-0.2, -0.15) is 0 Å². The Morgan fingerprint density at radius 3 is 2.60 bits per heavy atom. The molecule has 0 amide bonds. The molecule has 0 saturated heterocycles. The monoisotopic (exact) mass is 509 g/mol. The van der Waals surface area contributed by atoms with E-state index in [1.165, 1.54) is 0 Å². The van der Waals surface area contributed by atoms with Crippen molar-refractivity contribution in [2.24, 2.45) is 5.73 Å². The average Bonchev–Trinajstić information content (AvgIpc) is 2.43. The lowest BCUT2D eigenvalue weighted by atomic mass is 9.99. The first-order chi connectivity index (χ1) is 9.52. The van der Waals surface area contributed by atoms with E-state index in [1.54, 1.807) is 0 Å². The molecular weight excluding hydrogens is 497 g/mol. The maximum absolute atomic E-state index is 6.45. The zero-order chi connectivity index (χ0) is 14.7. The Morgan fingerprint density at radius 2 is 1.90 bits per heavy atom. The summed E-state index contributed by atoms with van der Waals surface area (Å²) >= 11 is 9.36. The highest BCUT2D eigenvalue weighted by atomic mass is 127. The van der Waals surface area contributed by atoms with Crippen molar-refractivity contribution in [3.8, 4) is 5.75 Å². The lowest BCUT2D eigenvalue weighted by Crippen LogP contribution is -2.14. The summed E-state index contributed by atoms with van der Waals surface area (Å²) in [7, 11) is 0. The molecule has 0 aliphatic carbocycles. The molecule has 20 heavy (non-hydrogen) atoms. The molecule has 2 rings (SSSR count). The zero-order valence-corrected chi connectivity index (χ0v) is 16.2. The molecule has 0 saturated carbocycles. The first kappa shape index (κ1) is 16.3. The first-order valence-corrected chi connectivity index (χ1v) is 8.82. The van der Waals surface area contributed by atoms with Gasteiger partial charge in [-0.15, -0.1) is 0 Å². The number of hydrogen-bond acceptors (Lipinski definition) is 2. The first-order valence-electron chi connectivity index (χ1n) is 6.15. The molecule has 0 bridgehead atoms. The normalized spacial score (nSPS) is 12.2. The predicted octanol–water partition coefficient (Wildman–Crippen LogP) is 5.26. The van der Waals surface area contributed by atoms with Crippen LogP contribution in [0.4, 0.5) is 0 Å². The van der Waals surface area contributed by atoms with Crippen LogP contribution in [0.25, 0.3) is 0 Å². The van der Waals surface area contributed by atoms with Crippen molar-refractivity contribution in [2.75, 3.05) is 6.61 Å². The summed E-state index contributed by atoms with van der Waals surface area (Å²) in [6.45, 7) is 2.59. The van der Waals surface area contributed by atoms with Crippen LogP contribution in [-0.2, 0) is 0 Å². The Kier molecular flexibility index (Phi) is 5.89. The second-order valence-corrected chi connectivity index (χ2v) is 7.27. The molecule has 0 fully saturated rings. The summed E-state index contributed by atoms with van der Waals surface area (Å²) in [6.07, 6.45) is 0. The van der Waals surface area contributed by atoms with E-state index in [-0.39, 0.29) is 6.04 Å². The summed E-state index contributed by atoms with van der Waals surface area (Å²) in [6, 6.07) is 11.8. The van der Waals surface area contributed by atoms with E-state index in [9.17, 15) is 0 Å². The molecular formula is C15H14Br2INO. The van der Waals surface area contributed by atoms with Crippen LogP contribution in [0.1, 0.15) is 24.1 Å². The van der Waals surface area contributed by atoms with Gasteiger partial charge < -0.3 is 10.5 Å². The Balaban J connectivity index is 2.49. The second-order valence-electron chi connectivity index (χ2n) is 4.26. The fourth-order valence-corrected chi connectivity index (χ4v) is 3.36. The van der Waals surface area contributed by atoms with Gasteiger partial charge in [0, 0.05) is 18.1 Å². The SMILES string of the molecule is CCOc1ccc(Br)cc1C(N)c1cc(I)ccc1Br. The highest BCUT2D eigenvalue weighted by Gasteiger charge is 2.17. The molecule has 106 valence electrons. The van der Waals surface area contributed by atoms with Crippen LogP contribution in [-0.4, -0.2) is 6.61 Å². The second kappa shape index (κ2) is 7.24. The number of halogens is 3. The molecule has 5 heteroatoms. The average molecular weight is 511 g/mol. The lowest BCUT2D eigenvalue weighted by molar-refractivity contribution is 0.335.